The summed E-state index contributed by atoms with van der Waals surface area (Å²) in [6.07, 6.45) is 6.48. The zero-order chi connectivity index (χ0) is 14.1. The van der Waals surface area contributed by atoms with E-state index in [-0.39, 0.29) is 5.54 Å². The van der Waals surface area contributed by atoms with Gasteiger partial charge in [-0.1, -0.05) is 20.3 Å². The highest BCUT2D eigenvalue weighted by atomic mass is 15.3. The first-order valence-corrected chi connectivity index (χ1v) is 8.10. The number of nitrogens with zero attached hydrogens (tertiary/aromatic N) is 2. The molecule has 2 unspecified atom stereocenters. The zero-order valence-electron chi connectivity index (χ0n) is 13.4. The molecule has 19 heavy (non-hydrogen) atoms. The molecule has 0 aromatic carbocycles. The summed E-state index contributed by atoms with van der Waals surface area (Å²) in [4.78, 5) is 5.21. The lowest BCUT2D eigenvalue weighted by Gasteiger charge is -2.53. The molecule has 0 aliphatic carbocycles. The summed E-state index contributed by atoms with van der Waals surface area (Å²) in [5.41, 5.74) is 7.07. The van der Waals surface area contributed by atoms with Gasteiger partial charge < -0.3 is 10.6 Å². The van der Waals surface area contributed by atoms with Crippen LogP contribution in [0.2, 0.25) is 0 Å². The molecule has 0 bridgehead atoms. The Labute approximate surface area is 119 Å². The van der Waals surface area contributed by atoms with Gasteiger partial charge in [-0.15, -0.1) is 0 Å². The normalized spacial score (nSPS) is 37.4. The average molecular weight is 267 g/mol. The Balaban J connectivity index is 2.03. The van der Waals surface area contributed by atoms with Gasteiger partial charge in [-0.3, -0.25) is 4.90 Å². The molecule has 0 amide bonds. The fourth-order valence-electron chi connectivity index (χ4n) is 3.89. The van der Waals surface area contributed by atoms with E-state index in [1.54, 1.807) is 0 Å². The minimum absolute atomic E-state index is 0.279. The first-order valence-electron chi connectivity index (χ1n) is 8.10. The third-order valence-corrected chi connectivity index (χ3v) is 6.23. The monoisotopic (exact) mass is 267 g/mol. The Kier molecular flexibility index (Phi) is 4.59. The standard InChI is InChI=1S/C16H33N3/c1-5-15(3)6-10-19(11-7-15)16(13-17)8-9-18(4)14(2)12-16/h14H,5-13,17H2,1-4H3. The van der Waals surface area contributed by atoms with Gasteiger partial charge in [0.25, 0.3) is 0 Å². The third kappa shape index (κ3) is 2.98. The van der Waals surface area contributed by atoms with Crippen LogP contribution < -0.4 is 5.73 Å². The van der Waals surface area contributed by atoms with Crippen molar-refractivity contribution in [3.63, 3.8) is 0 Å². The van der Waals surface area contributed by atoms with Crippen molar-refractivity contribution in [3.8, 4) is 0 Å². The van der Waals surface area contributed by atoms with Crippen molar-refractivity contribution in [2.24, 2.45) is 11.1 Å². The highest BCUT2D eigenvalue weighted by Crippen LogP contribution is 2.39. The van der Waals surface area contributed by atoms with Gasteiger partial charge in [0, 0.05) is 18.1 Å². The highest BCUT2D eigenvalue weighted by Gasteiger charge is 2.43. The van der Waals surface area contributed by atoms with Crippen molar-refractivity contribution in [3.05, 3.63) is 0 Å². The van der Waals surface area contributed by atoms with Gasteiger partial charge in [0.1, 0.15) is 0 Å². The van der Waals surface area contributed by atoms with Gasteiger partial charge in [-0.25, -0.2) is 0 Å². The fraction of sp³-hybridized carbons (Fsp3) is 1.00. The van der Waals surface area contributed by atoms with Crippen LogP contribution in [0.3, 0.4) is 0 Å². The summed E-state index contributed by atoms with van der Waals surface area (Å²) in [6.45, 7) is 11.7. The molecule has 3 heteroatoms. The molecular weight excluding hydrogens is 234 g/mol. The van der Waals surface area contributed by atoms with E-state index in [2.05, 4.69) is 37.6 Å². The second-order valence-electron chi connectivity index (χ2n) is 7.36. The maximum absolute atomic E-state index is 6.22. The van der Waals surface area contributed by atoms with Gasteiger partial charge in [-0.2, -0.15) is 0 Å². The molecule has 0 radical (unpaired) electrons. The number of nitrogens with two attached hydrogens (primary N) is 1. The Bertz CT molecular complexity index is 296. The van der Waals surface area contributed by atoms with Crippen molar-refractivity contribution in [1.29, 1.82) is 0 Å². The molecule has 2 aliphatic rings. The summed E-state index contributed by atoms with van der Waals surface area (Å²) in [7, 11) is 2.25. The average Bonchev–Trinajstić information content (AvgIpc) is 2.43. The molecule has 0 aromatic heterocycles. The number of hydrogen-bond acceptors (Lipinski definition) is 3. The zero-order valence-corrected chi connectivity index (χ0v) is 13.4. The summed E-state index contributed by atoms with van der Waals surface area (Å²) in [5, 5.41) is 0. The number of hydrogen-bond donors (Lipinski definition) is 1. The van der Waals surface area contributed by atoms with E-state index in [1.807, 2.05) is 0 Å². The van der Waals surface area contributed by atoms with Gasteiger partial charge in [0.2, 0.25) is 0 Å². The van der Waals surface area contributed by atoms with Crippen LogP contribution in [0, 0.1) is 5.41 Å². The predicted molar refractivity (Wildman–Crippen MR) is 82.3 cm³/mol. The van der Waals surface area contributed by atoms with Gasteiger partial charge in [0.05, 0.1) is 0 Å². The maximum Gasteiger partial charge on any atom is 0.0358 e. The lowest BCUT2D eigenvalue weighted by Crippen LogP contribution is -2.63. The first-order chi connectivity index (χ1) is 8.95. The van der Waals surface area contributed by atoms with E-state index in [4.69, 9.17) is 5.73 Å². The summed E-state index contributed by atoms with van der Waals surface area (Å²) in [5.74, 6) is 0. The van der Waals surface area contributed by atoms with E-state index in [9.17, 15) is 0 Å². The van der Waals surface area contributed by atoms with Crippen molar-refractivity contribution >= 4 is 0 Å². The van der Waals surface area contributed by atoms with Crippen LogP contribution >= 0.6 is 0 Å². The Hall–Kier alpha value is -0.120. The van der Waals surface area contributed by atoms with Crippen LogP contribution in [0.1, 0.15) is 52.9 Å². The molecule has 3 nitrogen and oxygen atoms in total. The second kappa shape index (κ2) is 5.71. The summed E-state index contributed by atoms with van der Waals surface area (Å²) in [6, 6.07) is 0.664. The van der Waals surface area contributed by atoms with Crippen LogP contribution in [0.25, 0.3) is 0 Å². The van der Waals surface area contributed by atoms with Crippen molar-refractivity contribution in [1.82, 2.24) is 9.80 Å². The smallest absolute Gasteiger partial charge is 0.0358 e. The van der Waals surface area contributed by atoms with Gasteiger partial charge in [0.15, 0.2) is 0 Å². The largest absolute Gasteiger partial charge is 0.329 e. The van der Waals surface area contributed by atoms with E-state index >= 15 is 0 Å². The highest BCUT2D eigenvalue weighted by molar-refractivity contribution is 5.00. The van der Waals surface area contributed by atoms with E-state index in [1.165, 1.54) is 51.7 Å². The van der Waals surface area contributed by atoms with Crippen LogP contribution in [0.5, 0.6) is 0 Å². The molecule has 2 saturated heterocycles. The van der Waals surface area contributed by atoms with Crippen LogP contribution in [-0.4, -0.2) is 54.6 Å². The molecule has 2 heterocycles. The molecule has 2 N–H and O–H groups in total. The maximum atomic E-state index is 6.22. The minimum Gasteiger partial charge on any atom is -0.329 e. The molecular formula is C16H33N3. The third-order valence-electron chi connectivity index (χ3n) is 6.23. The van der Waals surface area contributed by atoms with Crippen molar-refractivity contribution in [2.75, 3.05) is 33.2 Å². The lowest BCUT2D eigenvalue weighted by molar-refractivity contribution is -0.0243. The van der Waals surface area contributed by atoms with Crippen LogP contribution in [0.15, 0.2) is 0 Å². The molecule has 2 rings (SSSR count). The van der Waals surface area contributed by atoms with Crippen molar-refractivity contribution in [2.45, 2.75) is 64.5 Å². The molecule has 0 saturated carbocycles. The Morgan fingerprint density at radius 3 is 2.26 bits per heavy atom. The molecule has 0 aromatic rings. The van der Waals surface area contributed by atoms with E-state index < -0.39 is 0 Å². The summed E-state index contributed by atoms with van der Waals surface area (Å²) < 4.78 is 0. The molecule has 2 atom stereocenters. The van der Waals surface area contributed by atoms with Crippen LogP contribution in [0.4, 0.5) is 0 Å². The number of piperidine rings is 2. The Morgan fingerprint density at radius 2 is 1.79 bits per heavy atom. The molecule has 2 fully saturated rings. The van der Waals surface area contributed by atoms with Gasteiger partial charge >= 0.3 is 0 Å². The fourth-order valence-corrected chi connectivity index (χ4v) is 3.89. The molecule has 0 spiro atoms. The lowest BCUT2D eigenvalue weighted by atomic mass is 9.74. The Morgan fingerprint density at radius 1 is 1.16 bits per heavy atom. The quantitative estimate of drug-likeness (QED) is 0.852. The van der Waals surface area contributed by atoms with Crippen molar-refractivity contribution < 1.29 is 0 Å². The molecule has 112 valence electrons. The van der Waals surface area contributed by atoms with Gasteiger partial charge in [-0.05, 0) is 64.7 Å². The second-order valence-corrected chi connectivity index (χ2v) is 7.36. The topological polar surface area (TPSA) is 32.5 Å². The summed E-state index contributed by atoms with van der Waals surface area (Å²) >= 11 is 0. The number of likely N-dealkylation sites (tertiary alicyclic amines) is 2. The SMILES string of the molecule is CCC1(C)CCN(C2(CN)CCN(C)C(C)C2)CC1. The van der Waals surface area contributed by atoms with E-state index in [0.717, 1.165) is 6.54 Å². The minimum atomic E-state index is 0.279. The van der Waals surface area contributed by atoms with E-state index in [0.29, 0.717) is 11.5 Å². The number of rotatable bonds is 3. The first kappa shape index (κ1) is 15.3. The van der Waals surface area contributed by atoms with Crippen LogP contribution in [-0.2, 0) is 0 Å². The predicted octanol–water partition coefficient (Wildman–Crippen LogP) is 2.31. The molecule has 2 aliphatic heterocycles.